The second-order valence-electron chi connectivity index (χ2n) is 6.92. The van der Waals surface area contributed by atoms with Crippen molar-refractivity contribution in [2.75, 3.05) is 20.8 Å². The van der Waals surface area contributed by atoms with Gasteiger partial charge in [-0.25, -0.2) is 4.79 Å². The van der Waals surface area contributed by atoms with Crippen molar-refractivity contribution in [3.05, 3.63) is 35.9 Å². The van der Waals surface area contributed by atoms with Gasteiger partial charge in [-0.15, -0.1) is 0 Å². The predicted molar refractivity (Wildman–Crippen MR) is 94.8 cm³/mol. The van der Waals surface area contributed by atoms with Gasteiger partial charge in [0.1, 0.15) is 11.8 Å². The summed E-state index contributed by atoms with van der Waals surface area (Å²) in [4.78, 5) is 28.2. The summed E-state index contributed by atoms with van der Waals surface area (Å²) in [5.74, 6) is -0.572. The standard InChI is InChI=1S/C19H28N2O4/c1-13(17(22)20(5)14(2)18(23)24-6)21-16(12-25-19(21,3)4)15-10-8-7-9-11-15/h7-11,13-14,16H,12H2,1-6H3/t13-,14-,16-/m0/s1. The van der Waals surface area contributed by atoms with Gasteiger partial charge in [-0.2, -0.15) is 0 Å². The SMILES string of the molecule is COC(=O)[C@H](C)N(C)C(=O)[C@H](C)N1[C@H](c2ccccc2)COC1(C)C. The Labute approximate surface area is 149 Å². The number of esters is 1. The molecular weight excluding hydrogens is 320 g/mol. The molecule has 0 saturated carbocycles. The van der Waals surface area contributed by atoms with E-state index in [1.165, 1.54) is 12.0 Å². The normalized spacial score (nSPS) is 22.2. The van der Waals surface area contributed by atoms with Gasteiger partial charge in [0.2, 0.25) is 5.91 Å². The van der Waals surface area contributed by atoms with Crippen LogP contribution in [0, 0.1) is 0 Å². The van der Waals surface area contributed by atoms with E-state index in [4.69, 9.17) is 9.47 Å². The van der Waals surface area contributed by atoms with E-state index < -0.39 is 23.8 Å². The Morgan fingerprint density at radius 1 is 1.28 bits per heavy atom. The van der Waals surface area contributed by atoms with Crippen LogP contribution in [0.4, 0.5) is 0 Å². The molecule has 0 aliphatic carbocycles. The van der Waals surface area contributed by atoms with E-state index in [1.807, 2.05) is 51.1 Å². The maximum absolute atomic E-state index is 13.0. The molecule has 1 aromatic rings. The lowest BCUT2D eigenvalue weighted by molar-refractivity contribution is -0.155. The molecule has 3 atom stereocenters. The summed E-state index contributed by atoms with van der Waals surface area (Å²) in [5.41, 5.74) is 0.529. The van der Waals surface area contributed by atoms with Crippen molar-refractivity contribution < 1.29 is 19.1 Å². The molecule has 1 fully saturated rings. The topological polar surface area (TPSA) is 59.1 Å². The number of hydrogen-bond donors (Lipinski definition) is 0. The highest BCUT2D eigenvalue weighted by Gasteiger charge is 2.46. The van der Waals surface area contributed by atoms with Crippen LogP contribution in [0.25, 0.3) is 0 Å². The highest BCUT2D eigenvalue weighted by molar-refractivity contribution is 5.87. The van der Waals surface area contributed by atoms with Gasteiger partial charge in [0.15, 0.2) is 0 Å². The number of carbonyl (C=O) groups excluding carboxylic acids is 2. The van der Waals surface area contributed by atoms with E-state index in [2.05, 4.69) is 4.90 Å². The first-order valence-corrected chi connectivity index (χ1v) is 8.52. The summed E-state index contributed by atoms with van der Waals surface area (Å²) in [6.07, 6.45) is 0. The smallest absolute Gasteiger partial charge is 0.328 e. The fraction of sp³-hybridized carbons (Fsp3) is 0.579. The van der Waals surface area contributed by atoms with Crippen molar-refractivity contribution in [2.45, 2.75) is 51.5 Å². The van der Waals surface area contributed by atoms with Crippen molar-refractivity contribution in [3.63, 3.8) is 0 Å². The van der Waals surface area contributed by atoms with E-state index in [0.29, 0.717) is 6.61 Å². The number of nitrogens with zero attached hydrogens (tertiary/aromatic N) is 2. The summed E-state index contributed by atoms with van der Waals surface area (Å²) in [5, 5.41) is 0. The lowest BCUT2D eigenvalue weighted by Gasteiger charge is -2.39. The van der Waals surface area contributed by atoms with Crippen molar-refractivity contribution in [3.8, 4) is 0 Å². The van der Waals surface area contributed by atoms with Crippen LogP contribution in [0.2, 0.25) is 0 Å². The Bertz CT molecular complexity index is 617. The minimum atomic E-state index is -0.637. The molecule has 25 heavy (non-hydrogen) atoms. The van der Waals surface area contributed by atoms with Gasteiger partial charge in [0.05, 0.1) is 25.8 Å². The summed E-state index contributed by atoms with van der Waals surface area (Å²) in [7, 11) is 2.95. The highest BCUT2D eigenvalue weighted by atomic mass is 16.5. The molecule has 6 nitrogen and oxygen atoms in total. The zero-order valence-corrected chi connectivity index (χ0v) is 15.9. The summed E-state index contributed by atoms with van der Waals surface area (Å²) < 4.78 is 10.7. The molecule has 0 spiro atoms. The molecule has 1 aliphatic rings. The van der Waals surface area contributed by atoms with E-state index in [1.54, 1.807) is 14.0 Å². The zero-order valence-electron chi connectivity index (χ0n) is 15.9. The van der Waals surface area contributed by atoms with Crippen LogP contribution in [0.5, 0.6) is 0 Å². The molecule has 1 aliphatic heterocycles. The number of hydrogen-bond acceptors (Lipinski definition) is 5. The third-order valence-electron chi connectivity index (χ3n) is 4.98. The molecule has 1 saturated heterocycles. The fourth-order valence-corrected chi connectivity index (χ4v) is 3.41. The van der Waals surface area contributed by atoms with E-state index >= 15 is 0 Å². The number of ether oxygens (including phenoxy) is 2. The Morgan fingerprint density at radius 2 is 1.88 bits per heavy atom. The van der Waals surface area contributed by atoms with Gasteiger partial charge >= 0.3 is 5.97 Å². The van der Waals surface area contributed by atoms with Gasteiger partial charge in [0.25, 0.3) is 0 Å². The molecule has 6 heteroatoms. The Morgan fingerprint density at radius 3 is 2.44 bits per heavy atom. The first kappa shape index (κ1) is 19.4. The molecular formula is C19H28N2O4. The number of amides is 1. The van der Waals surface area contributed by atoms with Crippen molar-refractivity contribution >= 4 is 11.9 Å². The first-order chi connectivity index (χ1) is 11.7. The van der Waals surface area contributed by atoms with Crippen LogP contribution in [-0.4, -0.2) is 60.2 Å². The van der Waals surface area contributed by atoms with Crippen LogP contribution in [0.1, 0.15) is 39.3 Å². The zero-order chi connectivity index (χ0) is 18.8. The number of methoxy groups -OCH3 is 1. The predicted octanol–water partition coefficient (Wildman–Crippen LogP) is 2.20. The number of rotatable bonds is 5. The van der Waals surface area contributed by atoms with E-state index in [-0.39, 0.29) is 11.9 Å². The lowest BCUT2D eigenvalue weighted by Crippen LogP contribution is -2.55. The van der Waals surface area contributed by atoms with Crippen molar-refractivity contribution in [2.24, 2.45) is 0 Å². The maximum atomic E-state index is 13.0. The van der Waals surface area contributed by atoms with Crippen LogP contribution >= 0.6 is 0 Å². The summed E-state index contributed by atoms with van der Waals surface area (Å²) in [6.45, 7) is 7.96. The molecule has 1 amide bonds. The van der Waals surface area contributed by atoms with Gasteiger partial charge < -0.3 is 14.4 Å². The van der Waals surface area contributed by atoms with Gasteiger partial charge in [-0.05, 0) is 33.3 Å². The minimum absolute atomic E-state index is 0.0167. The van der Waals surface area contributed by atoms with Gasteiger partial charge in [-0.1, -0.05) is 30.3 Å². The molecule has 1 heterocycles. The average molecular weight is 348 g/mol. The van der Waals surface area contributed by atoms with Crippen LogP contribution in [-0.2, 0) is 19.1 Å². The summed E-state index contributed by atoms with van der Waals surface area (Å²) >= 11 is 0. The number of benzene rings is 1. The van der Waals surface area contributed by atoms with E-state index in [9.17, 15) is 9.59 Å². The largest absolute Gasteiger partial charge is 0.467 e. The van der Waals surface area contributed by atoms with Crippen molar-refractivity contribution in [1.82, 2.24) is 9.80 Å². The van der Waals surface area contributed by atoms with Crippen LogP contribution < -0.4 is 0 Å². The number of carbonyl (C=O) groups is 2. The second-order valence-corrected chi connectivity index (χ2v) is 6.92. The van der Waals surface area contributed by atoms with Crippen LogP contribution in [0.3, 0.4) is 0 Å². The monoisotopic (exact) mass is 348 g/mol. The lowest BCUT2D eigenvalue weighted by atomic mass is 10.0. The van der Waals surface area contributed by atoms with E-state index in [0.717, 1.165) is 5.56 Å². The second kappa shape index (κ2) is 7.54. The Hall–Kier alpha value is -1.92. The molecule has 0 radical (unpaired) electrons. The third kappa shape index (κ3) is 3.85. The minimum Gasteiger partial charge on any atom is -0.467 e. The fourth-order valence-electron chi connectivity index (χ4n) is 3.41. The molecule has 0 unspecified atom stereocenters. The Balaban J connectivity index is 2.26. The first-order valence-electron chi connectivity index (χ1n) is 8.52. The molecule has 138 valence electrons. The molecule has 2 rings (SSSR count). The van der Waals surface area contributed by atoms with Gasteiger partial charge in [-0.3, -0.25) is 9.69 Å². The third-order valence-corrected chi connectivity index (χ3v) is 4.98. The quantitative estimate of drug-likeness (QED) is 0.764. The van der Waals surface area contributed by atoms with Crippen LogP contribution in [0.15, 0.2) is 30.3 Å². The molecule has 0 bridgehead atoms. The molecule has 1 aromatic carbocycles. The number of likely N-dealkylation sites (N-methyl/N-ethyl adjacent to an activating group) is 1. The summed E-state index contributed by atoms with van der Waals surface area (Å²) in [6, 6.07) is 8.92. The highest BCUT2D eigenvalue weighted by Crippen LogP contribution is 2.38. The molecule has 0 N–H and O–H groups in total. The molecule has 0 aromatic heterocycles. The average Bonchev–Trinajstić information content (AvgIpc) is 2.94. The Kier molecular flexibility index (Phi) is 5.85. The van der Waals surface area contributed by atoms with Crippen molar-refractivity contribution in [1.29, 1.82) is 0 Å². The van der Waals surface area contributed by atoms with Gasteiger partial charge in [0, 0.05) is 7.05 Å². The maximum Gasteiger partial charge on any atom is 0.328 e.